The first-order valence-corrected chi connectivity index (χ1v) is 22.3. The molecule has 2 saturated heterocycles. The molecule has 6 aromatic rings. The van der Waals surface area contributed by atoms with E-state index in [9.17, 15) is 10.2 Å². The van der Waals surface area contributed by atoms with E-state index in [1.807, 2.05) is 182 Å². The summed E-state index contributed by atoms with van der Waals surface area (Å²) in [6.45, 7) is 0.863. The Hall–Kier alpha value is -5.12. The van der Waals surface area contributed by atoms with Crippen molar-refractivity contribution in [2.75, 3.05) is 13.2 Å². The third kappa shape index (κ3) is 13.3. The molecule has 0 aromatic heterocycles. The van der Waals surface area contributed by atoms with Crippen molar-refractivity contribution >= 4 is 0 Å². The second kappa shape index (κ2) is 24.4. The number of ether oxygens (including phenoxy) is 9. The molecule has 0 spiro atoms. The van der Waals surface area contributed by atoms with Crippen LogP contribution in [-0.2, 0) is 82.3 Å². The zero-order chi connectivity index (χ0) is 44.5. The average molecular weight is 883 g/mol. The second-order valence-corrected chi connectivity index (χ2v) is 16.2. The fraction of sp³-hybridized carbons (Fsp3) is 0.333. The van der Waals surface area contributed by atoms with E-state index in [-0.39, 0.29) is 52.9 Å². The van der Waals surface area contributed by atoms with Gasteiger partial charge >= 0.3 is 0 Å². The molecule has 6 aromatic carbocycles. The van der Waals surface area contributed by atoms with E-state index in [1.165, 1.54) is 0 Å². The van der Waals surface area contributed by atoms with Gasteiger partial charge in [0.2, 0.25) is 0 Å². The molecule has 2 N–H and O–H groups in total. The van der Waals surface area contributed by atoms with Crippen LogP contribution in [0.4, 0.5) is 0 Å². The molecular weight excluding hydrogens is 825 g/mol. The van der Waals surface area contributed by atoms with Crippen molar-refractivity contribution in [3.05, 3.63) is 215 Å². The smallest absolute Gasteiger partial charge is 0.187 e. The zero-order valence-electron chi connectivity index (χ0n) is 36.3. The summed E-state index contributed by atoms with van der Waals surface area (Å²) in [5.74, 6) is 0. The highest BCUT2D eigenvalue weighted by atomic mass is 16.7. The highest BCUT2D eigenvalue weighted by Crippen LogP contribution is 2.34. The van der Waals surface area contributed by atoms with Gasteiger partial charge in [-0.3, -0.25) is 0 Å². The van der Waals surface area contributed by atoms with E-state index in [0.29, 0.717) is 0 Å². The van der Waals surface area contributed by atoms with Crippen molar-refractivity contribution in [3.63, 3.8) is 0 Å². The van der Waals surface area contributed by atoms with Crippen LogP contribution in [0.3, 0.4) is 0 Å². The first-order valence-electron chi connectivity index (χ1n) is 22.3. The highest BCUT2D eigenvalue weighted by molar-refractivity contribution is 5.18. The second-order valence-electron chi connectivity index (χ2n) is 16.2. The first-order chi connectivity index (χ1) is 32.1. The first kappa shape index (κ1) is 46.4. The lowest BCUT2D eigenvalue weighted by atomic mass is 9.97. The van der Waals surface area contributed by atoms with E-state index in [4.69, 9.17) is 42.6 Å². The summed E-state index contributed by atoms with van der Waals surface area (Å²) in [6.07, 6.45) is -9.14. The Labute approximate surface area is 381 Å². The number of hydrogen-bond donors (Lipinski definition) is 2. The fourth-order valence-corrected chi connectivity index (χ4v) is 8.11. The molecule has 2 fully saturated rings. The molecular formula is C54H58O11. The Kier molecular flexibility index (Phi) is 17.4. The third-order valence-electron chi connectivity index (χ3n) is 11.5. The standard InChI is InChI=1S/C54H58O11/c55-31-45-47(57-32-39-19-7-1-8-20-39)50(60-35-42-25-13-4-14-26-42)52(62-37-44-29-17-6-18-30-44)54(65-45)63-38-46-48(58-33-40-21-9-2-10-22-40)49(59-34-41-23-11-3-12-24-41)51(53(56)64-46)61-36-43-27-15-5-16-28-43/h1-30,45-56H,31-38H2/t45-,46-,47-,48-,49+,50+,51-,52-,53+,54-/m1/s1. The summed E-state index contributed by atoms with van der Waals surface area (Å²) in [7, 11) is 0. The molecule has 65 heavy (non-hydrogen) atoms. The van der Waals surface area contributed by atoms with Gasteiger partial charge in [0, 0.05) is 0 Å². The van der Waals surface area contributed by atoms with Gasteiger partial charge in [0.25, 0.3) is 0 Å². The maximum Gasteiger partial charge on any atom is 0.187 e. The number of aliphatic hydroxyl groups is 2. The van der Waals surface area contributed by atoms with Crippen LogP contribution in [0.2, 0.25) is 0 Å². The van der Waals surface area contributed by atoms with Crippen molar-refractivity contribution in [2.45, 2.75) is 101 Å². The summed E-state index contributed by atoms with van der Waals surface area (Å²) in [5, 5.41) is 22.7. The molecule has 11 heteroatoms. The minimum absolute atomic E-state index is 0.123. The van der Waals surface area contributed by atoms with Crippen molar-refractivity contribution in [2.24, 2.45) is 0 Å². The number of aliphatic hydroxyl groups excluding tert-OH is 2. The molecule has 0 saturated carbocycles. The largest absolute Gasteiger partial charge is 0.394 e. The monoisotopic (exact) mass is 882 g/mol. The minimum atomic E-state index is -1.41. The van der Waals surface area contributed by atoms with E-state index >= 15 is 0 Å². The van der Waals surface area contributed by atoms with E-state index < -0.39 is 61.4 Å². The molecule has 10 atom stereocenters. The lowest BCUT2D eigenvalue weighted by molar-refractivity contribution is -0.348. The van der Waals surface area contributed by atoms with Crippen molar-refractivity contribution in [3.8, 4) is 0 Å². The molecule has 0 bridgehead atoms. The molecule has 0 aliphatic carbocycles. The molecule has 2 heterocycles. The maximum absolute atomic E-state index is 11.8. The topological polar surface area (TPSA) is 124 Å². The van der Waals surface area contributed by atoms with Gasteiger partial charge in [0.05, 0.1) is 52.9 Å². The van der Waals surface area contributed by atoms with Gasteiger partial charge in [-0.05, 0) is 33.4 Å². The molecule has 0 amide bonds. The Morgan fingerprint density at radius 1 is 0.323 bits per heavy atom. The summed E-state index contributed by atoms with van der Waals surface area (Å²) in [4.78, 5) is 0. The molecule has 11 nitrogen and oxygen atoms in total. The van der Waals surface area contributed by atoms with Crippen LogP contribution in [0.1, 0.15) is 33.4 Å². The van der Waals surface area contributed by atoms with Crippen LogP contribution in [0.15, 0.2) is 182 Å². The minimum Gasteiger partial charge on any atom is -0.394 e. The van der Waals surface area contributed by atoms with Crippen molar-refractivity contribution in [1.82, 2.24) is 0 Å². The van der Waals surface area contributed by atoms with Gasteiger partial charge in [0.15, 0.2) is 12.6 Å². The van der Waals surface area contributed by atoms with Gasteiger partial charge < -0.3 is 52.8 Å². The molecule has 2 aliphatic rings. The molecule has 0 unspecified atom stereocenters. The van der Waals surface area contributed by atoms with Crippen LogP contribution in [-0.4, -0.2) is 84.8 Å². The summed E-state index contributed by atoms with van der Waals surface area (Å²) in [5.41, 5.74) is 5.66. The van der Waals surface area contributed by atoms with Gasteiger partial charge in [-0.1, -0.05) is 182 Å². The average Bonchev–Trinajstić information content (AvgIpc) is 3.36. The maximum atomic E-state index is 11.8. The predicted octanol–water partition coefficient (Wildman–Crippen LogP) is 7.95. The van der Waals surface area contributed by atoms with Crippen LogP contribution in [0.25, 0.3) is 0 Å². The Morgan fingerprint density at radius 3 is 0.969 bits per heavy atom. The van der Waals surface area contributed by atoms with Crippen molar-refractivity contribution in [1.29, 1.82) is 0 Å². The van der Waals surface area contributed by atoms with Gasteiger partial charge in [-0.15, -0.1) is 0 Å². The Morgan fingerprint density at radius 2 is 0.615 bits per heavy atom. The van der Waals surface area contributed by atoms with Crippen LogP contribution in [0.5, 0.6) is 0 Å². The predicted molar refractivity (Wildman–Crippen MR) is 243 cm³/mol. The molecule has 2 aliphatic heterocycles. The quantitative estimate of drug-likeness (QED) is 0.0691. The number of rotatable bonds is 22. The summed E-state index contributed by atoms with van der Waals surface area (Å²) >= 11 is 0. The molecule has 0 radical (unpaired) electrons. The van der Waals surface area contributed by atoms with Gasteiger partial charge in [-0.2, -0.15) is 0 Å². The fourth-order valence-electron chi connectivity index (χ4n) is 8.11. The SMILES string of the molecule is OC[C@H]1O[C@@H](OC[C@H]2O[C@H](O)[C@H](OCc3ccccc3)[C@@H](OCc3ccccc3)[C@@H]2OCc2ccccc2)[C@H](OCc2ccccc2)[C@@H](OCc2ccccc2)[C@@H]1OCc1ccccc1. The van der Waals surface area contributed by atoms with Crippen LogP contribution >= 0.6 is 0 Å². The van der Waals surface area contributed by atoms with Gasteiger partial charge in [0.1, 0.15) is 48.8 Å². The van der Waals surface area contributed by atoms with Crippen LogP contribution < -0.4 is 0 Å². The lowest BCUT2D eigenvalue weighted by Crippen LogP contribution is -2.63. The normalized spacial score (nSPS) is 25.6. The Balaban J connectivity index is 1.09. The zero-order valence-corrected chi connectivity index (χ0v) is 36.3. The number of benzene rings is 6. The van der Waals surface area contributed by atoms with E-state index in [2.05, 4.69) is 0 Å². The van der Waals surface area contributed by atoms with Crippen LogP contribution in [0, 0.1) is 0 Å². The van der Waals surface area contributed by atoms with E-state index in [1.54, 1.807) is 0 Å². The summed E-state index contributed by atoms with van der Waals surface area (Å²) in [6, 6.07) is 58.9. The van der Waals surface area contributed by atoms with E-state index in [0.717, 1.165) is 33.4 Å². The lowest BCUT2D eigenvalue weighted by Gasteiger charge is -2.47. The molecule has 340 valence electrons. The molecule has 8 rings (SSSR count). The highest BCUT2D eigenvalue weighted by Gasteiger charge is 2.51. The third-order valence-corrected chi connectivity index (χ3v) is 11.5. The number of hydrogen-bond acceptors (Lipinski definition) is 11. The summed E-state index contributed by atoms with van der Waals surface area (Å²) < 4.78 is 59.8. The van der Waals surface area contributed by atoms with Crippen molar-refractivity contribution < 1.29 is 52.8 Å². The van der Waals surface area contributed by atoms with Gasteiger partial charge in [-0.25, -0.2) is 0 Å². The Bertz CT molecular complexity index is 2210.